The highest BCUT2D eigenvalue weighted by molar-refractivity contribution is 5.76. The predicted molar refractivity (Wildman–Crippen MR) is 84.5 cm³/mol. The summed E-state index contributed by atoms with van der Waals surface area (Å²) in [5.74, 6) is 1.23. The van der Waals surface area contributed by atoms with E-state index in [1.807, 2.05) is 19.9 Å². The third-order valence-electron chi connectivity index (χ3n) is 3.72. The number of tetrazole rings is 1. The van der Waals surface area contributed by atoms with Gasteiger partial charge >= 0.3 is 0 Å². The molecule has 0 bridgehead atoms. The lowest BCUT2D eigenvalue weighted by Gasteiger charge is -2.34. The smallest absolute Gasteiger partial charge is 0.244 e. The van der Waals surface area contributed by atoms with Gasteiger partial charge in [0, 0.05) is 37.9 Å². The van der Waals surface area contributed by atoms with E-state index >= 15 is 0 Å². The Balaban J connectivity index is 1.59. The minimum absolute atomic E-state index is 0.00196. The summed E-state index contributed by atoms with van der Waals surface area (Å²) in [5.41, 5.74) is 0.862. The molecule has 2 aromatic rings. The van der Waals surface area contributed by atoms with E-state index in [1.165, 1.54) is 11.0 Å². The minimum atomic E-state index is 0.00196. The maximum absolute atomic E-state index is 12.2. The molecule has 0 spiro atoms. The molecule has 1 amide bonds. The van der Waals surface area contributed by atoms with Crippen molar-refractivity contribution in [3.8, 4) is 5.88 Å². The fourth-order valence-corrected chi connectivity index (χ4v) is 2.53. The number of rotatable bonds is 5. The van der Waals surface area contributed by atoms with Gasteiger partial charge in [-0.25, -0.2) is 9.67 Å². The Morgan fingerprint density at radius 2 is 2.04 bits per heavy atom. The normalized spacial score (nSPS) is 14.8. The Morgan fingerprint density at radius 3 is 2.71 bits per heavy atom. The number of aryl methyl sites for hydroxylation is 1. The molecule has 0 saturated carbocycles. The zero-order valence-electron chi connectivity index (χ0n) is 13.8. The Morgan fingerprint density at radius 1 is 1.25 bits per heavy atom. The van der Waals surface area contributed by atoms with Gasteiger partial charge in [0.1, 0.15) is 12.9 Å². The van der Waals surface area contributed by atoms with E-state index < -0.39 is 0 Å². The molecular weight excluding hydrogens is 312 g/mol. The van der Waals surface area contributed by atoms with Crippen LogP contribution in [0.3, 0.4) is 0 Å². The average Bonchev–Trinajstić information content (AvgIpc) is 3.08. The number of anilines is 1. The van der Waals surface area contributed by atoms with Crippen LogP contribution in [0, 0.1) is 6.92 Å². The summed E-state index contributed by atoms with van der Waals surface area (Å²) in [6.07, 6.45) is 1.43. The van der Waals surface area contributed by atoms with Crippen molar-refractivity contribution >= 4 is 11.9 Å². The van der Waals surface area contributed by atoms with E-state index in [0.29, 0.717) is 44.6 Å². The third-order valence-corrected chi connectivity index (χ3v) is 3.72. The quantitative estimate of drug-likeness (QED) is 0.723. The molecule has 0 N–H and O–H groups in total. The van der Waals surface area contributed by atoms with Gasteiger partial charge in [-0.15, -0.1) is 5.10 Å². The Bertz CT molecular complexity index is 682. The van der Waals surface area contributed by atoms with Crippen LogP contribution in [0.5, 0.6) is 5.88 Å². The first-order valence-corrected chi connectivity index (χ1v) is 7.87. The largest absolute Gasteiger partial charge is 0.478 e. The summed E-state index contributed by atoms with van der Waals surface area (Å²) >= 11 is 0. The second kappa shape index (κ2) is 7.20. The van der Waals surface area contributed by atoms with Crippen molar-refractivity contribution < 1.29 is 9.53 Å². The summed E-state index contributed by atoms with van der Waals surface area (Å²) in [6, 6.07) is 1.82. The molecule has 3 rings (SSSR count). The molecule has 10 heteroatoms. The van der Waals surface area contributed by atoms with Gasteiger partial charge in [-0.2, -0.15) is 4.98 Å². The fourth-order valence-electron chi connectivity index (χ4n) is 2.53. The van der Waals surface area contributed by atoms with E-state index in [2.05, 4.69) is 30.4 Å². The summed E-state index contributed by atoms with van der Waals surface area (Å²) < 4.78 is 6.90. The minimum Gasteiger partial charge on any atom is -0.478 e. The van der Waals surface area contributed by atoms with Crippen LogP contribution in [0.2, 0.25) is 0 Å². The van der Waals surface area contributed by atoms with Crippen LogP contribution in [-0.4, -0.2) is 73.8 Å². The lowest BCUT2D eigenvalue weighted by atomic mass is 10.3. The molecular formula is C14H20N8O2. The van der Waals surface area contributed by atoms with Gasteiger partial charge in [-0.1, -0.05) is 0 Å². The number of ether oxygens (including phenoxy) is 1. The number of piperazine rings is 1. The summed E-state index contributed by atoms with van der Waals surface area (Å²) in [5, 5.41) is 10.8. The van der Waals surface area contributed by atoms with Crippen LogP contribution >= 0.6 is 0 Å². The van der Waals surface area contributed by atoms with Crippen LogP contribution in [0.25, 0.3) is 0 Å². The molecule has 1 saturated heterocycles. The highest BCUT2D eigenvalue weighted by Gasteiger charge is 2.23. The van der Waals surface area contributed by atoms with Gasteiger partial charge < -0.3 is 14.5 Å². The molecule has 128 valence electrons. The first kappa shape index (κ1) is 16.1. The van der Waals surface area contributed by atoms with Gasteiger partial charge in [0.2, 0.25) is 17.7 Å². The van der Waals surface area contributed by atoms with Crippen LogP contribution in [0.1, 0.15) is 12.6 Å². The van der Waals surface area contributed by atoms with Crippen molar-refractivity contribution in [2.75, 3.05) is 37.7 Å². The predicted octanol–water partition coefficient (Wildman–Crippen LogP) is -0.481. The first-order valence-electron chi connectivity index (χ1n) is 7.87. The van der Waals surface area contributed by atoms with Gasteiger partial charge in [0.05, 0.1) is 6.61 Å². The monoisotopic (exact) mass is 332 g/mol. The Kier molecular flexibility index (Phi) is 4.82. The topological polar surface area (TPSA) is 102 Å². The number of carbonyl (C=O) groups is 1. The second-order valence-electron chi connectivity index (χ2n) is 5.46. The highest BCUT2D eigenvalue weighted by atomic mass is 16.5. The molecule has 2 aromatic heterocycles. The third kappa shape index (κ3) is 3.76. The number of carbonyl (C=O) groups excluding carboxylic acids is 1. The molecule has 1 aliphatic rings. The van der Waals surface area contributed by atoms with Gasteiger partial charge in [-0.05, 0) is 24.3 Å². The number of amides is 1. The number of nitrogens with zero attached hydrogens (tertiary/aromatic N) is 8. The van der Waals surface area contributed by atoms with Crippen LogP contribution in [-0.2, 0) is 11.3 Å². The van der Waals surface area contributed by atoms with Gasteiger partial charge in [0.25, 0.3) is 0 Å². The van der Waals surface area contributed by atoms with E-state index in [0.717, 1.165) is 5.69 Å². The van der Waals surface area contributed by atoms with E-state index in [9.17, 15) is 4.79 Å². The molecule has 0 aliphatic carbocycles. The van der Waals surface area contributed by atoms with Crippen molar-refractivity contribution in [3.63, 3.8) is 0 Å². The number of hydrogen-bond donors (Lipinski definition) is 0. The SMILES string of the molecule is CCOc1cc(C)nc(N2CCN(C(=O)Cn3cnnn3)CC2)n1. The fraction of sp³-hybridized carbons (Fsp3) is 0.571. The Labute approximate surface area is 139 Å². The van der Waals surface area contributed by atoms with E-state index in [4.69, 9.17) is 4.74 Å². The molecule has 24 heavy (non-hydrogen) atoms. The highest BCUT2D eigenvalue weighted by Crippen LogP contribution is 2.17. The molecule has 10 nitrogen and oxygen atoms in total. The van der Waals surface area contributed by atoms with E-state index in [-0.39, 0.29) is 12.5 Å². The zero-order valence-corrected chi connectivity index (χ0v) is 13.8. The van der Waals surface area contributed by atoms with Crippen molar-refractivity contribution in [3.05, 3.63) is 18.1 Å². The summed E-state index contributed by atoms with van der Waals surface area (Å²) in [7, 11) is 0. The second-order valence-corrected chi connectivity index (χ2v) is 5.46. The summed E-state index contributed by atoms with van der Waals surface area (Å²) in [6.45, 7) is 7.14. The molecule has 3 heterocycles. The maximum Gasteiger partial charge on any atom is 0.244 e. The molecule has 1 fully saturated rings. The average molecular weight is 332 g/mol. The van der Waals surface area contributed by atoms with Crippen LogP contribution < -0.4 is 9.64 Å². The summed E-state index contributed by atoms with van der Waals surface area (Å²) in [4.78, 5) is 25.0. The molecule has 1 aliphatic heterocycles. The molecule has 0 unspecified atom stereocenters. The van der Waals surface area contributed by atoms with Crippen molar-refractivity contribution in [2.24, 2.45) is 0 Å². The zero-order chi connectivity index (χ0) is 16.9. The van der Waals surface area contributed by atoms with Crippen molar-refractivity contribution in [2.45, 2.75) is 20.4 Å². The molecule has 0 aromatic carbocycles. The van der Waals surface area contributed by atoms with Gasteiger partial charge in [0.15, 0.2) is 0 Å². The lowest BCUT2D eigenvalue weighted by molar-refractivity contribution is -0.132. The lowest BCUT2D eigenvalue weighted by Crippen LogP contribution is -2.50. The van der Waals surface area contributed by atoms with E-state index in [1.54, 1.807) is 4.90 Å². The maximum atomic E-state index is 12.2. The Hall–Kier alpha value is -2.78. The molecule has 0 radical (unpaired) electrons. The number of aromatic nitrogens is 6. The van der Waals surface area contributed by atoms with Crippen LogP contribution in [0.4, 0.5) is 5.95 Å². The van der Waals surface area contributed by atoms with Crippen molar-refractivity contribution in [1.82, 2.24) is 35.1 Å². The standard InChI is InChI=1S/C14H20N8O2/c1-3-24-12-8-11(2)16-14(17-12)21-6-4-20(5-7-21)13(23)9-22-10-15-18-19-22/h8,10H,3-7,9H2,1-2H3. The molecule has 0 atom stereocenters. The van der Waals surface area contributed by atoms with Gasteiger partial charge in [-0.3, -0.25) is 4.79 Å². The number of hydrogen-bond acceptors (Lipinski definition) is 8. The first-order chi connectivity index (χ1) is 11.7. The van der Waals surface area contributed by atoms with Crippen LogP contribution in [0.15, 0.2) is 12.4 Å². The van der Waals surface area contributed by atoms with Crippen molar-refractivity contribution in [1.29, 1.82) is 0 Å².